The van der Waals surface area contributed by atoms with Gasteiger partial charge >= 0.3 is 0 Å². The van der Waals surface area contributed by atoms with Gasteiger partial charge in [-0.15, -0.1) is 37.6 Å². The van der Waals surface area contributed by atoms with Gasteiger partial charge in [0.15, 0.2) is 0 Å². The van der Waals surface area contributed by atoms with E-state index in [0.717, 1.165) is 5.66 Å². The number of hydrogen-bond donors (Lipinski definition) is 0. The quantitative estimate of drug-likeness (QED) is 0.515. The molecule has 4 unspecified atom stereocenters. The molecule has 0 amide bonds. The number of rotatable bonds is 4. The van der Waals surface area contributed by atoms with E-state index in [2.05, 4.69) is 32.2 Å². The zero-order valence-electron chi connectivity index (χ0n) is 11.2. The summed E-state index contributed by atoms with van der Waals surface area (Å²) in [6, 6.07) is 0. The molecule has 1 heterocycles. The van der Waals surface area contributed by atoms with Crippen LogP contribution >= 0.6 is 24.4 Å². The summed E-state index contributed by atoms with van der Waals surface area (Å²) in [5.74, 6) is 0. The van der Waals surface area contributed by atoms with Crippen LogP contribution < -0.4 is 0 Å². The van der Waals surface area contributed by atoms with Crippen molar-refractivity contribution >= 4 is 24.4 Å². The van der Waals surface area contributed by atoms with Crippen LogP contribution in [0.1, 0.15) is 13.3 Å². The zero-order chi connectivity index (χ0) is 12.5. The first kappa shape index (κ1) is 15.8. The monoisotopic (exact) mass is 288 g/mol. The van der Waals surface area contributed by atoms with Crippen molar-refractivity contribution in [3.63, 3.8) is 0 Å². The molecule has 0 N–H and O–H groups in total. The van der Waals surface area contributed by atoms with E-state index in [4.69, 9.17) is 0 Å². The minimum Gasteiger partial charge on any atom is -0.119 e. The lowest BCUT2D eigenvalue weighted by Gasteiger charge is -2.26. The molecule has 0 aliphatic carbocycles. The lowest BCUT2D eigenvalue weighted by atomic mass is 10.5. The Hall–Kier alpha value is 0.770. The van der Waals surface area contributed by atoms with Crippen LogP contribution in [-0.4, -0.2) is 48.8 Å². The molecule has 0 radical (unpaired) electrons. The Kier molecular flexibility index (Phi) is 9.00. The molecule has 3 heteroatoms. The lowest BCUT2D eigenvalue weighted by molar-refractivity contribution is 1.05. The van der Waals surface area contributed by atoms with Gasteiger partial charge in [0, 0.05) is 0 Å². The van der Waals surface area contributed by atoms with Crippen molar-refractivity contribution in [2.75, 3.05) is 43.1 Å². The first-order chi connectivity index (χ1) is 8.26. The fraction of sp³-hybridized carbons (Fsp3) is 0.714. The van der Waals surface area contributed by atoms with Gasteiger partial charge in [-0.05, 0) is 55.2 Å². The third-order valence-electron chi connectivity index (χ3n) is 3.18. The van der Waals surface area contributed by atoms with Crippen molar-refractivity contribution in [2.24, 2.45) is 0 Å². The standard InChI is InChI=1S/C14H27P3/c1-4-8-16-10-6-7-15-14(3)13-17(9-5-2)12-11-16/h4-5,14-15H,1-2,6-13H2,3H3. The van der Waals surface area contributed by atoms with Crippen molar-refractivity contribution in [1.82, 2.24) is 0 Å². The normalized spacial score (nSPS) is 33.1. The molecule has 0 aromatic rings. The summed E-state index contributed by atoms with van der Waals surface area (Å²) in [6.07, 6.45) is 15.8. The summed E-state index contributed by atoms with van der Waals surface area (Å²) in [7, 11) is 1.73. The Balaban J connectivity index is 2.49. The van der Waals surface area contributed by atoms with E-state index in [1.54, 1.807) is 0 Å². The highest BCUT2D eigenvalue weighted by molar-refractivity contribution is 7.62. The summed E-state index contributed by atoms with van der Waals surface area (Å²) in [5.41, 5.74) is 0.977. The highest BCUT2D eigenvalue weighted by Gasteiger charge is 2.16. The predicted molar refractivity (Wildman–Crippen MR) is 90.7 cm³/mol. The van der Waals surface area contributed by atoms with Crippen molar-refractivity contribution in [1.29, 1.82) is 0 Å². The summed E-state index contributed by atoms with van der Waals surface area (Å²) >= 11 is 0. The van der Waals surface area contributed by atoms with Crippen LogP contribution in [0, 0.1) is 0 Å². The van der Waals surface area contributed by atoms with E-state index in [1.807, 2.05) is 0 Å². The van der Waals surface area contributed by atoms with Gasteiger partial charge in [-0.1, -0.05) is 19.1 Å². The third-order valence-corrected chi connectivity index (χ3v) is 10.7. The Labute approximate surface area is 112 Å². The Morgan fingerprint density at radius 1 is 1.12 bits per heavy atom. The molecule has 17 heavy (non-hydrogen) atoms. The van der Waals surface area contributed by atoms with Crippen molar-refractivity contribution in [2.45, 2.75) is 19.0 Å². The summed E-state index contributed by atoms with van der Waals surface area (Å²) < 4.78 is 0. The van der Waals surface area contributed by atoms with E-state index < -0.39 is 0 Å². The van der Waals surface area contributed by atoms with Crippen molar-refractivity contribution in [3.05, 3.63) is 25.3 Å². The number of allylic oxidation sites excluding steroid dienone is 2. The van der Waals surface area contributed by atoms with E-state index >= 15 is 0 Å². The molecule has 1 aliphatic heterocycles. The maximum Gasteiger partial charge on any atom is -0.0147 e. The highest BCUT2D eigenvalue weighted by Crippen LogP contribution is 2.47. The SMILES string of the molecule is C=CCP1CCCPC(C)CP(CC=C)CC1. The molecule has 0 spiro atoms. The molecular weight excluding hydrogens is 261 g/mol. The molecule has 1 rings (SSSR count). The van der Waals surface area contributed by atoms with Crippen LogP contribution in [0.15, 0.2) is 25.3 Å². The second kappa shape index (κ2) is 9.67. The second-order valence-corrected chi connectivity index (χ2v) is 11.9. The van der Waals surface area contributed by atoms with E-state index in [1.165, 1.54) is 58.1 Å². The van der Waals surface area contributed by atoms with Gasteiger partial charge in [0.1, 0.15) is 0 Å². The fourth-order valence-corrected chi connectivity index (χ4v) is 10.2. The Morgan fingerprint density at radius 3 is 2.47 bits per heavy atom. The second-order valence-electron chi connectivity index (χ2n) is 4.85. The van der Waals surface area contributed by atoms with Gasteiger partial charge in [-0.2, -0.15) is 0 Å². The van der Waals surface area contributed by atoms with Crippen molar-refractivity contribution in [3.8, 4) is 0 Å². The third kappa shape index (κ3) is 7.06. The van der Waals surface area contributed by atoms with Gasteiger partial charge in [0.05, 0.1) is 0 Å². The maximum absolute atomic E-state index is 3.94. The minimum atomic E-state index is 0.250. The highest BCUT2D eigenvalue weighted by atomic mass is 31.1. The molecule has 0 aromatic heterocycles. The van der Waals surface area contributed by atoms with Crippen LogP contribution in [0.3, 0.4) is 0 Å². The maximum atomic E-state index is 3.94. The molecule has 1 aliphatic rings. The first-order valence-electron chi connectivity index (χ1n) is 6.66. The minimum absolute atomic E-state index is 0.250. The average Bonchev–Trinajstić information content (AvgIpc) is 2.31. The van der Waals surface area contributed by atoms with Gasteiger partial charge < -0.3 is 0 Å². The van der Waals surface area contributed by atoms with E-state index in [9.17, 15) is 0 Å². The molecule has 1 fully saturated rings. The van der Waals surface area contributed by atoms with E-state index in [-0.39, 0.29) is 15.8 Å². The topological polar surface area (TPSA) is 0 Å². The Bertz CT molecular complexity index is 228. The zero-order valence-corrected chi connectivity index (χ0v) is 14.0. The summed E-state index contributed by atoms with van der Waals surface area (Å²) in [4.78, 5) is 0. The lowest BCUT2D eigenvalue weighted by Crippen LogP contribution is -2.09. The van der Waals surface area contributed by atoms with Crippen LogP contribution in [0.2, 0.25) is 0 Å². The summed E-state index contributed by atoms with van der Waals surface area (Å²) in [5, 5.41) is 0. The molecule has 1 saturated heterocycles. The predicted octanol–water partition coefficient (Wildman–Crippen LogP) is 4.79. The van der Waals surface area contributed by atoms with Crippen LogP contribution in [0.4, 0.5) is 0 Å². The molecule has 98 valence electrons. The Morgan fingerprint density at radius 2 is 1.76 bits per heavy atom. The molecule has 0 bridgehead atoms. The van der Waals surface area contributed by atoms with Crippen LogP contribution in [0.5, 0.6) is 0 Å². The largest absolute Gasteiger partial charge is 0.119 e. The molecule has 4 atom stereocenters. The first-order valence-corrected chi connectivity index (χ1v) is 11.7. The molecular formula is C14H27P3. The van der Waals surface area contributed by atoms with Crippen molar-refractivity contribution < 1.29 is 0 Å². The molecule has 0 aromatic carbocycles. The fourth-order valence-electron chi connectivity index (χ4n) is 2.30. The van der Waals surface area contributed by atoms with Gasteiger partial charge in [0.2, 0.25) is 0 Å². The van der Waals surface area contributed by atoms with E-state index in [0.29, 0.717) is 0 Å². The van der Waals surface area contributed by atoms with Gasteiger partial charge in [0.25, 0.3) is 0 Å². The smallest absolute Gasteiger partial charge is 0.0147 e. The van der Waals surface area contributed by atoms with Gasteiger partial charge in [-0.25, -0.2) is 0 Å². The summed E-state index contributed by atoms with van der Waals surface area (Å²) in [6.45, 7) is 10.3. The van der Waals surface area contributed by atoms with Gasteiger partial charge in [-0.3, -0.25) is 0 Å². The average molecular weight is 288 g/mol. The molecule has 0 saturated carbocycles. The number of hydrogen-bond acceptors (Lipinski definition) is 0. The molecule has 0 nitrogen and oxygen atoms in total. The van der Waals surface area contributed by atoms with Crippen LogP contribution in [0.25, 0.3) is 0 Å². The van der Waals surface area contributed by atoms with Crippen LogP contribution in [-0.2, 0) is 0 Å².